The van der Waals surface area contributed by atoms with Crippen LogP contribution >= 0.6 is 0 Å². The quantitative estimate of drug-likeness (QED) is 0.775. The first-order chi connectivity index (χ1) is 8.26. The van der Waals surface area contributed by atoms with Crippen LogP contribution in [0.4, 0.5) is 17.6 Å². The van der Waals surface area contributed by atoms with E-state index in [0.29, 0.717) is 13.1 Å². The summed E-state index contributed by atoms with van der Waals surface area (Å²) in [6, 6.07) is -1.24. The molecule has 0 aromatic carbocycles. The SMILES string of the molecule is CC(NC(=O)C(F)(F)C(F)F)C(=O)N1CCCC1. The van der Waals surface area contributed by atoms with Crippen LogP contribution in [0.25, 0.3) is 0 Å². The molecule has 1 atom stereocenters. The molecule has 0 radical (unpaired) electrons. The highest BCUT2D eigenvalue weighted by Crippen LogP contribution is 2.23. The number of alkyl halides is 4. The first kappa shape index (κ1) is 14.7. The second-order valence-corrected chi connectivity index (χ2v) is 4.15. The molecule has 0 saturated carbocycles. The van der Waals surface area contributed by atoms with E-state index in [9.17, 15) is 27.2 Å². The number of halogens is 4. The Kier molecular flexibility index (Phi) is 4.53. The van der Waals surface area contributed by atoms with E-state index in [2.05, 4.69) is 0 Å². The van der Waals surface area contributed by atoms with E-state index in [0.717, 1.165) is 12.8 Å². The van der Waals surface area contributed by atoms with Gasteiger partial charge in [0.25, 0.3) is 5.91 Å². The average Bonchev–Trinajstić information content (AvgIpc) is 2.80. The molecule has 0 aromatic rings. The normalized spacial score (nSPS) is 18.0. The highest BCUT2D eigenvalue weighted by molar-refractivity contribution is 5.90. The van der Waals surface area contributed by atoms with Gasteiger partial charge >= 0.3 is 12.3 Å². The fraction of sp³-hybridized carbons (Fsp3) is 0.800. The maximum Gasteiger partial charge on any atom is 0.383 e. The van der Waals surface area contributed by atoms with Gasteiger partial charge in [-0.1, -0.05) is 0 Å². The molecule has 1 saturated heterocycles. The van der Waals surface area contributed by atoms with Gasteiger partial charge in [0, 0.05) is 13.1 Å². The molecule has 8 heteroatoms. The molecule has 18 heavy (non-hydrogen) atoms. The van der Waals surface area contributed by atoms with E-state index in [1.807, 2.05) is 0 Å². The lowest BCUT2D eigenvalue weighted by atomic mass is 10.2. The van der Waals surface area contributed by atoms with Gasteiger partial charge in [0.15, 0.2) is 0 Å². The maximum atomic E-state index is 12.7. The summed E-state index contributed by atoms with van der Waals surface area (Å²) < 4.78 is 49.1. The minimum absolute atomic E-state index is 0.490. The van der Waals surface area contributed by atoms with E-state index >= 15 is 0 Å². The van der Waals surface area contributed by atoms with Crippen LogP contribution in [0.15, 0.2) is 0 Å². The van der Waals surface area contributed by atoms with Gasteiger partial charge in [-0.25, -0.2) is 8.78 Å². The Bertz CT molecular complexity index is 330. The van der Waals surface area contributed by atoms with Crippen molar-refractivity contribution in [3.8, 4) is 0 Å². The number of amides is 2. The Morgan fingerprint density at radius 3 is 2.17 bits per heavy atom. The third-order valence-electron chi connectivity index (χ3n) is 2.71. The van der Waals surface area contributed by atoms with Crippen LogP contribution in [0, 0.1) is 0 Å². The van der Waals surface area contributed by atoms with E-state index in [1.54, 1.807) is 5.32 Å². The lowest BCUT2D eigenvalue weighted by Gasteiger charge is -2.23. The van der Waals surface area contributed by atoms with Crippen LogP contribution in [0.5, 0.6) is 0 Å². The standard InChI is InChI=1S/C10H14F4N2O2/c1-6(7(17)16-4-2-3-5-16)15-9(18)10(13,14)8(11)12/h6,8H,2-5H2,1H3,(H,15,18). The lowest BCUT2D eigenvalue weighted by molar-refractivity contribution is -0.170. The van der Waals surface area contributed by atoms with Gasteiger partial charge in [-0.15, -0.1) is 0 Å². The zero-order valence-corrected chi connectivity index (χ0v) is 9.76. The molecule has 1 heterocycles. The molecule has 0 spiro atoms. The van der Waals surface area contributed by atoms with Gasteiger partial charge in [-0.2, -0.15) is 8.78 Å². The zero-order chi connectivity index (χ0) is 13.9. The summed E-state index contributed by atoms with van der Waals surface area (Å²) in [5.41, 5.74) is 0. The summed E-state index contributed by atoms with van der Waals surface area (Å²) in [6.45, 7) is 2.18. The predicted octanol–water partition coefficient (Wildman–Crippen LogP) is 1.01. The molecule has 0 aliphatic carbocycles. The third kappa shape index (κ3) is 3.11. The number of carbonyl (C=O) groups is 2. The molecule has 4 nitrogen and oxygen atoms in total. The topological polar surface area (TPSA) is 49.4 Å². The number of nitrogens with zero attached hydrogens (tertiary/aromatic N) is 1. The van der Waals surface area contributed by atoms with E-state index in [-0.39, 0.29) is 0 Å². The van der Waals surface area contributed by atoms with Crippen molar-refractivity contribution in [1.29, 1.82) is 0 Å². The summed E-state index contributed by atoms with van der Waals surface area (Å²) in [6.07, 6.45) is -2.48. The van der Waals surface area contributed by atoms with Crippen LogP contribution in [0.1, 0.15) is 19.8 Å². The number of carbonyl (C=O) groups excluding carboxylic acids is 2. The maximum absolute atomic E-state index is 12.7. The Morgan fingerprint density at radius 2 is 1.72 bits per heavy atom. The first-order valence-electron chi connectivity index (χ1n) is 5.52. The molecule has 1 unspecified atom stereocenters. The lowest BCUT2D eigenvalue weighted by Crippen LogP contribution is -2.53. The van der Waals surface area contributed by atoms with Crippen molar-refractivity contribution < 1.29 is 27.2 Å². The Hall–Kier alpha value is -1.34. The molecule has 1 fully saturated rings. The second kappa shape index (κ2) is 5.53. The number of likely N-dealkylation sites (tertiary alicyclic amines) is 1. The van der Waals surface area contributed by atoms with Gasteiger partial charge in [-0.3, -0.25) is 9.59 Å². The zero-order valence-electron chi connectivity index (χ0n) is 9.76. The van der Waals surface area contributed by atoms with Crippen molar-refractivity contribution in [3.63, 3.8) is 0 Å². The molecule has 0 aromatic heterocycles. The van der Waals surface area contributed by atoms with Gasteiger partial charge in [0.2, 0.25) is 5.91 Å². The van der Waals surface area contributed by atoms with Gasteiger partial charge in [0.05, 0.1) is 0 Å². The van der Waals surface area contributed by atoms with E-state index < -0.39 is 30.2 Å². The summed E-state index contributed by atoms with van der Waals surface area (Å²) in [7, 11) is 0. The Labute approximate surface area is 101 Å². The van der Waals surface area contributed by atoms with Crippen LogP contribution in [0.2, 0.25) is 0 Å². The number of hydrogen-bond acceptors (Lipinski definition) is 2. The van der Waals surface area contributed by atoms with Crippen LogP contribution < -0.4 is 5.32 Å². The average molecular weight is 270 g/mol. The summed E-state index contributed by atoms with van der Waals surface area (Å²) in [4.78, 5) is 24.0. The molecular weight excluding hydrogens is 256 g/mol. The molecule has 2 amide bonds. The van der Waals surface area contributed by atoms with Crippen LogP contribution in [-0.2, 0) is 9.59 Å². The van der Waals surface area contributed by atoms with Crippen LogP contribution in [-0.4, -0.2) is 48.2 Å². The highest BCUT2D eigenvalue weighted by Gasteiger charge is 2.49. The highest BCUT2D eigenvalue weighted by atomic mass is 19.3. The molecule has 104 valence electrons. The number of rotatable bonds is 4. The van der Waals surface area contributed by atoms with Crippen molar-refractivity contribution >= 4 is 11.8 Å². The third-order valence-corrected chi connectivity index (χ3v) is 2.71. The minimum Gasteiger partial charge on any atom is -0.341 e. The van der Waals surface area contributed by atoms with Crippen molar-refractivity contribution in [2.75, 3.05) is 13.1 Å². The van der Waals surface area contributed by atoms with Gasteiger partial charge in [-0.05, 0) is 19.8 Å². The smallest absolute Gasteiger partial charge is 0.341 e. The summed E-state index contributed by atoms with van der Waals surface area (Å²) >= 11 is 0. The summed E-state index contributed by atoms with van der Waals surface area (Å²) in [5.74, 6) is -7.44. The number of hydrogen-bond donors (Lipinski definition) is 1. The van der Waals surface area contributed by atoms with Crippen LogP contribution in [0.3, 0.4) is 0 Å². The fourth-order valence-corrected chi connectivity index (χ4v) is 1.67. The largest absolute Gasteiger partial charge is 0.383 e. The van der Waals surface area contributed by atoms with Crippen molar-refractivity contribution in [2.24, 2.45) is 0 Å². The number of nitrogens with one attached hydrogen (secondary N) is 1. The Morgan fingerprint density at radius 1 is 1.22 bits per heavy atom. The fourth-order valence-electron chi connectivity index (χ4n) is 1.67. The second-order valence-electron chi connectivity index (χ2n) is 4.15. The molecule has 1 aliphatic heterocycles. The van der Waals surface area contributed by atoms with Crippen molar-refractivity contribution in [3.05, 3.63) is 0 Å². The Balaban J connectivity index is 2.56. The minimum atomic E-state index is -4.78. The molecule has 1 aliphatic rings. The summed E-state index contributed by atoms with van der Waals surface area (Å²) in [5, 5.41) is 1.62. The van der Waals surface area contributed by atoms with E-state index in [1.165, 1.54) is 11.8 Å². The predicted molar refractivity (Wildman–Crippen MR) is 54.4 cm³/mol. The molecule has 0 bridgehead atoms. The molecular formula is C10H14F4N2O2. The van der Waals surface area contributed by atoms with Crippen molar-refractivity contribution in [2.45, 2.75) is 38.2 Å². The van der Waals surface area contributed by atoms with E-state index in [4.69, 9.17) is 0 Å². The van der Waals surface area contributed by atoms with Gasteiger partial charge in [0.1, 0.15) is 6.04 Å². The monoisotopic (exact) mass is 270 g/mol. The first-order valence-corrected chi connectivity index (χ1v) is 5.52. The molecule has 1 N–H and O–H groups in total. The van der Waals surface area contributed by atoms with Gasteiger partial charge < -0.3 is 10.2 Å². The molecule has 1 rings (SSSR count). The van der Waals surface area contributed by atoms with Crippen molar-refractivity contribution in [1.82, 2.24) is 10.2 Å².